The summed E-state index contributed by atoms with van der Waals surface area (Å²) in [6, 6.07) is 12.7. The highest BCUT2D eigenvalue weighted by Crippen LogP contribution is 2.16. The van der Waals surface area contributed by atoms with E-state index in [1.165, 1.54) is 7.05 Å². The molecule has 0 bridgehead atoms. The number of carbonyl (C=O) groups excluding carboxylic acids is 1. The van der Waals surface area contributed by atoms with E-state index in [2.05, 4.69) is 10.0 Å². The highest BCUT2D eigenvalue weighted by molar-refractivity contribution is 7.89. The fourth-order valence-electron chi connectivity index (χ4n) is 2.20. The summed E-state index contributed by atoms with van der Waals surface area (Å²) in [5.41, 5.74) is 0.747. The Kier molecular flexibility index (Phi) is 5.69. The van der Waals surface area contributed by atoms with Crippen LogP contribution < -0.4 is 10.0 Å². The van der Waals surface area contributed by atoms with Crippen LogP contribution >= 0.6 is 0 Å². The first-order valence-corrected chi connectivity index (χ1v) is 8.89. The Morgan fingerprint density at radius 2 is 1.83 bits per heavy atom. The first-order chi connectivity index (χ1) is 11.3. The van der Waals surface area contributed by atoms with Crippen LogP contribution in [0.2, 0.25) is 0 Å². The van der Waals surface area contributed by atoms with E-state index in [1.54, 1.807) is 0 Å². The van der Waals surface area contributed by atoms with Crippen molar-refractivity contribution < 1.29 is 17.6 Å². The van der Waals surface area contributed by atoms with Crippen LogP contribution in [-0.4, -0.2) is 27.9 Å². The van der Waals surface area contributed by atoms with Crippen LogP contribution in [0, 0.1) is 5.82 Å². The molecule has 7 heteroatoms. The van der Waals surface area contributed by atoms with E-state index in [-0.39, 0.29) is 16.4 Å². The van der Waals surface area contributed by atoms with Gasteiger partial charge < -0.3 is 5.32 Å². The van der Waals surface area contributed by atoms with E-state index < -0.39 is 21.7 Å². The van der Waals surface area contributed by atoms with Crippen molar-refractivity contribution in [3.8, 4) is 0 Å². The predicted octanol–water partition coefficient (Wildman–Crippen LogP) is 2.27. The van der Waals surface area contributed by atoms with Gasteiger partial charge in [-0.2, -0.15) is 0 Å². The predicted molar refractivity (Wildman–Crippen MR) is 89.8 cm³/mol. The molecule has 0 radical (unpaired) electrons. The molecule has 0 aliphatic rings. The van der Waals surface area contributed by atoms with Crippen LogP contribution in [0.3, 0.4) is 0 Å². The zero-order valence-corrected chi connectivity index (χ0v) is 14.2. The molecule has 5 nitrogen and oxygen atoms in total. The van der Waals surface area contributed by atoms with Crippen molar-refractivity contribution in [2.24, 2.45) is 0 Å². The molecule has 0 heterocycles. The fraction of sp³-hybridized carbons (Fsp3) is 0.235. The molecular formula is C17H19FN2O3S. The normalized spacial score (nSPS) is 12.6. The minimum absolute atomic E-state index is 0.0439. The van der Waals surface area contributed by atoms with Gasteiger partial charge in [0.1, 0.15) is 5.82 Å². The lowest BCUT2D eigenvalue weighted by atomic mass is 10.0. The van der Waals surface area contributed by atoms with E-state index in [1.807, 2.05) is 37.3 Å². The minimum Gasteiger partial charge on any atom is -0.351 e. The van der Waals surface area contributed by atoms with E-state index in [9.17, 15) is 17.6 Å². The van der Waals surface area contributed by atoms with Crippen LogP contribution in [-0.2, 0) is 10.0 Å². The lowest BCUT2D eigenvalue weighted by Crippen LogP contribution is -2.28. The first-order valence-electron chi connectivity index (χ1n) is 7.41. The van der Waals surface area contributed by atoms with Crippen LogP contribution in [0.1, 0.15) is 28.8 Å². The number of sulfonamides is 1. The van der Waals surface area contributed by atoms with Gasteiger partial charge in [0, 0.05) is 6.54 Å². The molecule has 1 atom stereocenters. The van der Waals surface area contributed by atoms with Gasteiger partial charge in [0.2, 0.25) is 10.0 Å². The molecule has 1 unspecified atom stereocenters. The third kappa shape index (κ3) is 4.18. The smallest absolute Gasteiger partial charge is 0.254 e. The summed E-state index contributed by atoms with van der Waals surface area (Å²) in [6.45, 7) is 2.25. The van der Waals surface area contributed by atoms with Crippen LogP contribution in [0.5, 0.6) is 0 Å². The van der Waals surface area contributed by atoms with Crippen molar-refractivity contribution in [1.82, 2.24) is 10.0 Å². The van der Waals surface area contributed by atoms with E-state index in [0.29, 0.717) is 6.54 Å². The van der Waals surface area contributed by atoms with Crippen molar-refractivity contribution in [3.05, 3.63) is 65.5 Å². The molecule has 0 saturated carbocycles. The highest BCUT2D eigenvalue weighted by Gasteiger charge is 2.18. The molecule has 0 aliphatic heterocycles. The van der Waals surface area contributed by atoms with Crippen molar-refractivity contribution in [2.45, 2.75) is 17.7 Å². The van der Waals surface area contributed by atoms with Gasteiger partial charge >= 0.3 is 0 Å². The number of amides is 1. The molecule has 1 amide bonds. The molecule has 0 spiro atoms. The molecule has 0 aromatic heterocycles. The van der Waals surface area contributed by atoms with Gasteiger partial charge in [0.05, 0.1) is 10.5 Å². The standard InChI is InChI=1S/C17H19FN2O3S/c1-12(13-6-4-3-5-7-13)11-20-17(21)15-10-14(8-9-16(15)18)24(22,23)19-2/h3-10,12,19H,11H2,1-2H3,(H,20,21). The summed E-state index contributed by atoms with van der Waals surface area (Å²) < 4.78 is 39.6. The molecule has 2 aromatic carbocycles. The Morgan fingerprint density at radius 1 is 1.17 bits per heavy atom. The van der Waals surface area contributed by atoms with E-state index >= 15 is 0 Å². The number of rotatable bonds is 6. The monoisotopic (exact) mass is 350 g/mol. The van der Waals surface area contributed by atoms with E-state index in [0.717, 1.165) is 23.8 Å². The fourth-order valence-corrected chi connectivity index (χ4v) is 2.96. The maximum Gasteiger partial charge on any atom is 0.254 e. The molecule has 0 aliphatic carbocycles. The summed E-state index contributed by atoms with van der Waals surface area (Å²) in [4.78, 5) is 12.0. The van der Waals surface area contributed by atoms with Crippen LogP contribution in [0.25, 0.3) is 0 Å². The molecule has 24 heavy (non-hydrogen) atoms. The summed E-state index contributed by atoms with van der Waals surface area (Å²) in [6.07, 6.45) is 0. The topological polar surface area (TPSA) is 75.3 Å². The number of nitrogens with one attached hydrogen (secondary N) is 2. The lowest BCUT2D eigenvalue weighted by Gasteiger charge is -2.14. The van der Waals surface area contributed by atoms with Gasteiger partial charge in [-0.05, 0) is 36.7 Å². The maximum absolute atomic E-state index is 13.9. The van der Waals surface area contributed by atoms with Crippen molar-refractivity contribution in [2.75, 3.05) is 13.6 Å². The summed E-state index contributed by atoms with van der Waals surface area (Å²) >= 11 is 0. The van der Waals surface area contributed by atoms with Crippen LogP contribution in [0.4, 0.5) is 4.39 Å². The molecule has 0 saturated heterocycles. The Bertz CT molecular complexity index is 823. The second-order valence-corrected chi connectivity index (χ2v) is 7.26. The van der Waals surface area contributed by atoms with Gasteiger partial charge in [-0.1, -0.05) is 37.3 Å². The van der Waals surface area contributed by atoms with E-state index in [4.69, 9.17) is 0 Å². The number of halogens is 1. The molecule has 128 valence electrons. The molecule has 0 fully saturated rings. The molecular weight excluding hydrogens is 331 g/mol. The van der Waals surface area contributed by atoms with Gasteiger partial charge in [-0.15, -0.1) is 0 Å². The Labute approximate surface area is 141 Å². The average Bonchev–Trinajstić information content (AvgIpc) is 2.60. The van der Waals surface area contributed by atoms with Crippen LogP contribution in [0.15, 0.2) is 53.4 Å². The second kappa shape index (κ2) is 7.55. The van der Waals surface area contributed by atoms with Crippen molar-refractivity contribution in [1.29, 1.82) is 0 Å². The largest absolute Gasteiger partial charge is 0.351 e. The number of hydrogen-bond donors (Lipinski definition) is 2. The van der Waals surface area contributed by atoms with Gasteiger partial charge in [0.15, 0.2) is 0 Å². The molecule has 2 rings (SSSR count). The van der Waals surface area contributed by atoms with Crippen molar-refractivity contribution in [3.63, 3.8) is 0 Å². The zero-order valence-electron chi connectivity index (χ0n) is 13.4. The lowest BCUT2D eigenvalue weighted by molar-refractivity contribution is 0.0947. The summed E-state index contributed by atoms with van der Waals surface area (Å²) in [7, 11) is -2.49. The SMILES string of the molecule is CNS(=O)(=O)c1ccc(F)c(C(=O)NCC(C)c2ccccc2)c1. The number of carbonyl (C=O) groups is 1. The Morgan fingerprint density at radius 3 is 2.46 bits per heavy atom. The third-order valence-corrected chi connectivity index (χ3v) is 5.11. The minimum atomic E-state index is -3.74. The van der Waals surface area contributed by atoms with Gasteiger partial charge in [0.25, 0.3) is 5.91 Å². The summed E-state index contributed by atoms with van der Waals surface area (Å²) in [5.74, 6) is -1.37. The molecule has 2 aromatic rings. The quantitative estimate of drug-likeness (QED) is 0.839. The van der Waals surface area contributed by atoms with Gasteiger partial charge in [-0.3, -0.25) is 4.79 Å². The zero-order chi connectivity index (χ0) is 17.7. The molecule has 2 N–H and O–H groups in total. The first kappa shape index (κ1) is 18.1. The highest BCUT2D eigenvalue weighted by atomic mass is 32.2. The Hall–Kier alpha value is -2.25. The van der Waals surface area contributed by atoms with Gasteiger partial charge in [-0.25, -0.2) is 17.5 Å². The number of hydrogen-bond acceptors (Lipinski definition) is 3. The van der Waals surface area contributed by atoms with Crippen molar-refractivity contribution >= 4 is 15.9 Å². The number of benzene rings is 2. The second-order valence-electron chi connectivity index (χ2n) is 5.37. The maximum atomic E-state index is 13.9. The average molecular weight is 350 g/mol. The Balaban J connectivity index is 2.14. The third-order valence-electron chi connectivity index (χ3n) is 3.70. The summed E-state index contributed by atoms with van der Waals surface area (Å²) in [5, 5.41) is 2.64.